The third kappa shape index (κ3) is 6.65. The first-order valence-electron chi connectivity index (χ1n) is 14.3. The van der Waals surface area contributed by atoms with Gasteiger partial charge in [-0.15, -0.1) is 0 Å². The Morgan fingerprint density at radius 3 is 0.950 bits per heavy atom. The van der Waals surface area contributed by atoms with Crippen molar-refractivity contribution < 1.29 is 30.0 Å². The van der Waals surface area contributed by atoms with E-state index in [9.17, 15) is 30.0 Å². The van der Waals surface area contributed by atoms with E-state index < -0.39 is 23.4 Å². The molecule has 40 heavy (non-hydrogen) atoms. The van der Waals surface area contributed by atoms with Crippen LogP contribution in [0.2, 0.25) is 0 Å². The van der Waals surface area contributed by atoms with Gasteiger partial charge in [-0.3, -0.25) is 9.59 Å². The maximum Gasteiger partial charge on any atom is 0.163 e. The zero-order chi connectivity index (χ0) is 30.0. The van der Waals surface area contributed by atoms with Gasteiger partial charge >= 0.3 is 0 Å². The molecule has 0 radical (unpaired) electrons. The zero-order valence-electron chi connectivity index (χ0n) is 25.1. The van der Waals surface area contributed by atoms with Gasteiger partial charge in [-0.2, -0.15) is 0 Å². The number of ketones is 2. The van der Waals surface area contributed by atoms with Gasteiger partial charge in [-0.25, -0.2) is 0 Å². The first-order chi connectivity index (χ1) is 18.6. The molecule has 0 unspecified atom stereocenters. The van der Waals surface area contributed by atoms with Crippen LogP contribution in [0.5, 0.6) is 23.0 Å². The van der Waals surface area contributed by atoms with Crippen LogP contribution in [0.15, 0.2) is 24.3 Å². The molecule has 1 fully saturated rings. The Balaban J connectivity index is 1.92. The average molecular weight is 555 g/mol. The summed E-state index contributed by atoms with van der Waals surface area (Å²) in [6.45, 7) is 19.5. The maximum absolute atomic E-state index is 13.3. The summed E-state index contributed by atoms with van der Waals surface area (Å²) in [4.78, 5) is 30.8. The molecule has 0 saturated heterocycles. The number of aromatic hydroxyl groups is 4. The molecule has 1 saturated carbocycles. The lowest BCUT2D eigenvalue weighted by atomic mass is 9.65. The number of Topliss-reactive ketones (excluding diaryl/α,β-unsaturated/α-hetero) is 2. The number of nitrogens with zero attached hydrogens (tertiary/aromatic N) is 2. The first kappa shape index (κ1) is 31.1. The van der Waals surface area contributed by atoms with E-state index in [2.05, 4.69) is 65.2 Å². The Hall–Kier alpha value is -3.42. The molecule has 0 bridgehead atoms. The molecule has 0 aromatic heterocycles. The van der Waals surface area contributed by atoms with Crippen molar-refractivity contribution in [1.29, 1.82) is 0 Å². The predicted molar refractivity (Wildman–Crippen MR) is 159 cm³/mol. The minimum atomic E-state index is -1.38. The van der Waals surface area contributed by atoms with Crippen LogP contribution >= 0.6 is 0 Å². The van der Waals surface area contributed by atoms with Crippen LogP contribution in [0, 0.1) is 23.7 Å². The summed E-state index contributed by atoms with van der Waals surface area (Å²) >= 11 is 0. The molecule has 8 nitrogen and oxygen atoms in total. The third-order valence-corrected chi connectivity index (χ3v) is 7.03. The largest absolute Gasteiger partial charge is 0.507 e. The van der Waals surface area contributed by atoms with Crippen molar-refractivity contribution in [2.24, 2.45) is 23.7 Å². The molecule has 0 heterocycles. The molecule has 8 heteroatoms. The standard InChI is InChI=1S/C32H46N2O6/c1-17(2)13-33(14-18(3)4)21-9-23(35)27(24(36)10-21)29-31(39)30(32(29)40)28-25(37)11-22(12-26(28)38)34(15-19(5)6)16-20(7)8/h9-12,17-20,29-30,35-38H,13-16H2,1-8H3. The van der Waals surface area contributed by atoms with E-state index in [4.69, 9.17) is 0 Å². The van der Waals surface area contributed by atoms with Gasteiger partial charge in [0.2, 0.25) is 0 Å². The number of anilines is 2. The molecule has 0 aliphatic heterocycles. The van der Waals surface area contributed by atoms with Gasteiger partial charge in [0.1, 0.15) is 34.8 Å². The number of hydrogen-bond acceptors (Lipinski definition) is 8. The summed E-state index contributed by atoms with van der Waals surface area (Å²) in [5, 5.41) is 43.5. The lowest BCUT2D eigenvalue weighted by Crippen LogP contribution is -2.44. The lowest BCUT2D eigenvalue weighted by molar-refractivity contribution is -0.142. The van der Waals surface area contributed by atoms with Crippen LogP contribution in [-0.2, 0) is 9.59 Å². The molecule has 1 aliphatic rings. The van der Waals surface area contributed by atoms with Crippen LogP contribution < -0.4 is 9.80 Å². The highest BCUT2D eigenvalue weighted by molar-refractivity contribution is 6.32. The third-order valence-electron chi connectivity index (χ3n) is 7.03. The Morgan fingerprint density at radius 1 is 0.525 bits per heavy atom. The van der Waals surface area contributed by atoms with Gasteiger partial charge in [-0.1, -0.05) is 55.4 Å². The quantitative estimate of drug-likeness (QED) is 0.244. The van der Waals surface area contributed by atoms with Gasteiger partial charge in [0, 0.05) is 61.8 Å². The molecule has 3 rings (SSSR count). The smallest absolute Gasteiger partial charge is 0.163 e. The van der Waals surface area contributed by atoms with Crippen molar-refractivity contribution in [3.05, 3.63) is 35.4 Å². The monoisotopic (exact) mass is 554 g/mol. The summed E-state index contributed by atoms with van der Waals surface area (Å²) in [6, 6.07) is 5.93. The highest BCUT2D eigenvalue weighted by Crippen LogP contribution is 2.52. The van der Waals surface area contributed by atoms with Crippen molar-refractivity contribution in [3.8, 4) is 23.0 Å². The number of rotatable bonds is 12. The van der Waals surface area contributed by atoms with E-state index in [1.54, 1.807) is 0 Å². The van der Waals surface area contributed by atoms with Crippen molar-refractivity contribution in [2.45, 2.75) is 67.2 Å². The fraction of sp³-hybridized carbons (Fsp3) is 0.562. The summed E-state index contributed by atoms with van der Waals surface area (Å²) in [6.07, 6.45) is 0. The molecule has 220 valence electrons. The van der Waals surface area contributed by atoms with Crippen molar-refractivity contribution in [2.75, 3.05) is 36.0 Å². The number of benzene rings is 2. The molecule has 2 aromatic carbocycles. The Bertz CT molecular complexity index is 1060. The summed E-state index contributed by atoms with van der Waals surface area (Å²) in [5.74, 6) is -3.91. The van der Waals surface area contributed by atoms with Gasteiger partial charge in [0.15, 0.2) is 11.6 Å². The van der Waals surface area contributed by atoms with Gasteiger partial charge in [0.25, 0.3) is 0 Å². The Morgan fingerprint density at radius 2 is 0.750 bits per heavy atom. The fourth-order valence-electron chi connectivity index (χ4n) is 5.59. The number of carbonyl (C=O) groups is 2. The van der Waals surface area contributed by atoms with Crippen LogP contribution in [0.25, 0.3) is 0 Å². The highest BCUT2D eigenvalue weighted by atomic mass is 16.3. The Kier molecular flexibility index (Phi) is 9.64. The van der Waals surface area contributed by atoms with E-state index in [1.807, 2.05) is 0 Å². The van der Waals surface area contributed by atoms with Crippen molar-refractivity contribution >= 4 is 22.9 Å². The second kappa shape index (κ2) is 12.4. The summed E-state index contributed by atoms with van der Waals surface area (Å²) in [5.41, 5.74) is 0.935. The topological polar surface area (TPSA) is 122 Å². The lowest BCUT2D eigenvalue weighted by Gasteiger charge is -2.35. The number of carbonyl (C=O) groups excluding carboxylic acids is 2. The van der Waals surface area contributed by atoms with Crippen LogP contribution in [0.1, 0.15) is 78.4 Å². The van der Waals surface area contributed by atoms with Gasteiger partial charge in [0.05, 0.1) is 11.1 Å². The normalized spacial score (nSPS) is 17.3. The van der Waals surface area contributed by atoms with E-state index in [0.717, 1.165) is 0 Å². The highest BCUT2D eigenvalue weighted by Gasteiger charge is 2.54. The van der Waals surface area contributed by atoms with Crippen LogP contribution in [-0.4, -0.2) is 58.2 Å². The average Bonchev–Trinajstić information content (AvgIpc) is 2.81. The number of hydrogen-bond donors (Lipinski definition) is 4. The molecule has 0 atom stereocenters. The van der Waals surface area contributed by atoms with Gasteiger partial charge < -0.3 is 30.2 Å². The predicted octanol–water partition coefficient (Wildman–Crippen LogP) is 5.77. The fourth-order valence-corrected chi connectivity index (χ4v) is 5.59. The van der Waals surface area contributed by atoms with Crippen LogP contribution in [0.4, 0.5) is 11.4 Å². The Labute approximate surface area is 238 Å². The maximum atomic E-state index is 13.3. The van der Waals surface area contributed by atoms with E-state index in [0.29, 0.717) is 61.2 Å². The second-order valence-electron chi connectivity index (χ2n) is 12.9. The van der Waals surface area contributed by atoms with E-state index in [1.165, 1.54) is 24.3 Å². The molecule has 2 aromatic rings. The summed E-state index contributed by atoms with van der Waals surface area (Å²) in [7, 11) is 0. The van der Waals surface area contributed by atoms with Crippen molar-refractivity contribution in [1.82, 2.24) is 0 Å². The van der Waals surface area contributed by atoms with E-state index in [-0.39, 0.29) is 34.1 Å². The van der Waals surface area contributed by atoms with Crippen LogP contribution in [0.3, 0.4) is 0 Å². The number of phenolic OH excluding ortho intramolecular Hbond substituents is 4. The number of phenols is 4. The minimum Gasteiger partial charge on any atom is -0.507 e. The van der Waals surface area contributed by atoms with E-state index >= 15 is 0 Å². The molecule has 1 aliphatic carbocycles. The minimum absolute atomic E-state index is 0.139. The second-order valence-corrected chi connectivity index (χ2v) is 12.9. The summed E-state index contributed by atoms with van der Waals surface area (Å²) < 4.78 is 0. The van der Waals surface area contributed by atoms with Gasteiger partial charge in [-0.05, 0) is 23.7 Å². The molecular weight excluding hydrogens is 508 g/mol. The zero-order valence-corrected chi connectivity index (χ0v) is 25.1. The molecule has 4 N–H and O–H groups in total. The molecular formula is C32H46N2O6. The SMILES string of the molecule is CC(C)CN(CC(C)C)c1cc(O)c(C2C(=O)C(c3c(O)cc(N(CC(C)C)CC(C)C)cc3O)C2=O)c(O)c1. The van der Waals surface area contributed by atoms with Crippen molar-refractivity contribution in [3.63, 3.8) is 0 Å². The molecule has 0 amide bonds. The first-order valence-corrected chi connectivity index (χ1v) is 14.3. The molecule has 0 spiro atoms.